The van der Waals surface area contributed by atoms with Gasteiger partial charge >= 0.3 is 0 Å². The number of amides is 1. The molecule has 4 rings (SSSR count). The first-order valence-corrected chi connectivity index (χ1v) is 7.77. The number of anilines is 1. The van der Waals surface area contributed by atoms with Gasteiger partial charge in [0.25, 0.3) is 5.91 Å². The summed E-state index contributed by atoms with van der Waals surface area (Å²) < 4.78 is 24.3. The van der Waals surface area contributed by atoms with E-state index in [0.29, 0.717) is 23.7 Å². The van der Waals surface area contributed by atoms with Crippen molar-refractivity contribution in [2.24, 2.45) is 0 Å². The number of nitrogens with zero attached hydrogens (tertiary/aromatic N) is 3. The highest BCUT2D eigenvalue weighted by molar-refractivity contribution is 6.06. The molecule has 0 saturated carbocycles. The van der Waals surface area contributed by atoms with Crippen molar-refractivity contribution in [1.29, 1.82) is 0 Å². The second-order valence-corrected chi connectivity index (χ2v) is 5.77. The van der Waals surface area contributed by atoms with Crippen LogP contribution in [0.4, 0.5) is 10.1 Å². The molecule has 3 aromatic rings. The number of rotatable bonds is 2. The molecule has 1 amide bonds. The molecule has 0 saturated heterocycles. The van der Waals surface area contributed by atoms with Crippen molar-refractivity contribution in [3.05, 3.63) is 60.3 Å². The van der Waals surface area contributed by atoms with Gasteiger partial charge in [0.1, 0.15) is 17.7 Å². The van der Waals surface area contributed by atoms with Crippen molar-refractivity contribution in [2.75, 3.05) is 11.4 Å². The third-order valence-corrected chi connectivity index (χ3v) is 3.92. The molecular formula is C18H14FN3O3. The minimum Gasteiger partial charge on any atom is -0.487 e. The molecule has 2 aromatic heterocycles. The molecule has 1 aromatic carbocycles. The zero-order chi connectivity index (χ0) is 17.4. The number of hydrogen-bond donors (Lipinski definition) is 0. The maximum Gasteiger partial charge on any atom is 0.280 e. The lowest BCUT2D eigenvalue weighted by atomic mass is 10.1. The van der Waals surface area contributed by atoms with Crippen molar-refractivity contribution < 1.29 is 18.4 Å². The summed E-state index contributed by atoms with van der Waals surface area (Å²) in [6.07, 6.45) is 3.01. The number of pyridine rings is 1. The quantitative estimate of drug-likeness (QED) is 0.716. The number of hydrogen-bond acceptors (Lipinski definition) is 5. The van der Waals surface area contributed by atoms with Crippen LogP contribution in [0.25, 0.3) is 11.3 Å². The molecule has 0 bridgehead atoms. The van der Waals surface area contributed by atoms with Gasteiger partial charge in [0.2, 0.25) is 0 Å². The summed E-state index contributed by atoms with van der Waals surface area (Å²) in [4.78, 5) is 18.3. The SMILES string of the molecule is C[C@H]1CN(C(=O)c2cc(-c3ccncc3)on2)c2ccc(F)cc2O1. The predicted octanol–water partition coefficient (Wildman–Crippen LogP) is 3.30. The molecule has 1 aliphatic heterocycles. The summed E-state index contributed by atoms with van der Waals surface area (Å²) in [7, 11) is 0. The largest absolute Gasteiger partial charge is 0.487 e. The topological polar surface area (TPSA) is 68.5 Å². The molecule has 25 heavy (non-hydrogen) atoms. The van der Waals surface area contributed by atoms with Crippen LogP contribution in [0.5, 0.6) is 5.75 Å². The number of carbonyl (C=O) groups excluding carboxylic acids is 1. The Labute approximate surface area is 142 Å². The molecule has 1 atom stereocenters. The third-order valence-electron chi connectivity index (χ3n) is 3.92. The van der Waals surface area contributed by atoms with E-state index in [1.165, 1.54) is 23.1 Å². The summed E-state index contributed by atoms with van der Waals surface area (Å²) in [5, 5.41) is 3.88. The van der Waals surface area contributed by atoms with Gasteiger partial charge in [-0.1, -0.05) is 5.16 Å². The molecule has 0 fully saturated rings. The van der Waals surface area contributed by atoms with Crippen molar-refractivity contribution in [3.63, 3.8) is 0 Å². The van der Waals surface area contributed by atoms with Gasteiger partial charge in [0, 0.05) is 30.1 Å². The predicted molar refractivity (Wildman–Crippen MR) is 87.9 cm³/mol. The lowest BCUT2D eigenvalue weighted by Gasteiger charge is -2.32. The average molecular weight is 339 g/mol. The highest BCUT2D eigenvalue weighted by Gasteiger charge is 2.30. The molecule has 0 unspecified atom stereocenters. The van der Waals surface area contributed by atoms with Crippen LogP contribution in [0.1, 0.15) is 17.4 Å². The zero-order valence-electron chi connectivity index (χ0n) is 13.3. The molecule has 0 N–H and O–H groups in total. The van der Waals surface area contributed by atoms with E-state index in [1.807, 2.05) is 6.92 Å². The molecule has 6 nitrogen and oxygen atoms in total. The Kier molecular flexibility index (Phi) is 3.68. The third kappa shape index (κ3) is 2.84. The first-order chi connectivity index (χ1) is 12.1. The maximum absolute atomic E-state index is 13.4. The fourth-order valence-corrected chi connectivity index (χ4v) is 2.77. The molecule has 0 aliphatic carbocycles. The van der Waals surface area contributed by atoms with Crippen LogP contribution >= 0.6 is 0 Å². The zero-order valence-corrected chi connectivity index (χ0v) is 13.3. The van der Waals surface area contributed by atoms with Crippen molar-refractivity contribution in [3.8, 4) is 17.1 Å². The molecular weight excluding hydrogens is 325 g/mol. The maximum atomic E-state index is 13.4. The highest BCUT2D eigenvalue weighted by Crippen LogP contribution is 2.35. The van der Waals surface area contributed by atoms with Crippen LogP contribution in [0.15, 0.2) is 53.3 Å². The Hall–Kier alpha value is -3.22. The number of ether oxygens (including phenoxy) is 1. The fourth-order valence-electron chi connectivity index (χ4n) is 2.77. The van der Waals surface area contributed by atoms with E-state index in [9.17, 15) is 9.18 Å². The van der Waals surface area contributed by atoms with Crippen LogP contribution in [0, 0.1) is 5.82 Å². The van der Waals surface area contributed by atoms with E-state index in [2.05, 4.69) is 10.1 Å². The van der Waals surface area contributed by atoms with Gasteiger partial charge in [-0.05, 0) is 31.2 Å². The van der Waals surface area contributed by atoms with Crippen LogP contribution in [0.2, 0.25) is 0 Å². The highest BCUT2D eigenvalue weighted by atomic mass is 19.1. The Morgan fingerprint density at radius 2 is 2.04 bits per heavy atom. The lowest BCUT2D eigenvalue weighted by Crippen LogP contribution is -2.42. The van der Waals surface area contributed by atoms with Crippen molar-refractivity contribution in [1.82, 2.24) is 10.1 Å². The van der Waals surface area contributed by atoms with Crippen LogP contribution in [0.3, 0.4) is 0 Å². The molecule has 126 valence electrons. The van der Waals surface area contributed by atoms with Crippen LogP contribution in [-0.4, -0.2) is 28.7 Å². The fraction of sp³-hybridized carbons (Fsp3) is 0.167. The molecule has 3 heterocycles. The molecule has 0 radical (unpaired) electrons. The number of aromatic nitrogens is 2. The van der Waals surface area contributed by atoms with E-state index in [0.717, 1.165) is 5.56 Å². The number of benzene rings is 1. The summed E-state index contributed by atoms with van der Waals surface area (Å²) in [5.41, 5.74) is 1.47. The van der Waals surface area contributed by atoms with E-state index in [-0.39, 0.29) is 17.7 Å². The van der Waals surface area contributed by atoms with Gasteiger partial charge in [-0.25, -0.2) is 4.39 Å². The summed E-state index contributed by atoms with van der Waals surface area (Å²) >= 11 is 0. The standard InChI is InChI=1S/C18H14FN3O3/c1-11-10-22(15-3-2-13(19)8-17(15)24-11)18(23)14-9-16(25-21-14)12-4-6-20-7-5-12/h2-9,11H,10H2,1H3/t11-/m0/s1. The lowest BCUT2D eigenvalue weighted by molar-refractivity contribution is 0.0952. The summed E-state index contributed by atoms with van der Waals surface area (Å²) in [6.45, 7) is 2.16. The van der Waals surface area contributed by atoms with E-state index < -0.39 is 5.82 Å². The second-order valence-electron chi connectivity index (χ2n) is 5.77. The normalized spacial score (nSPS) is 16.2. The van der Waals surface area contributed by atoms with E-state index >= 15 is 0 Å². The summed E-state index contributed by atoms with van der Waals surface area (Å²) in [5.74, 6) is 0.0741. The second kappa shape index (κ2) is 6.01. The first kappa shape index (κ1) is 15.3. The first-order valence-electron chi connectivity index (χ1n) is 7.77. The minimum atomic E-state index is -0.415. The van der Waals surface area contributed by atoms with Gasteiger partial charge in [0.15, 0.2) is 11.5 Å². The van der Waals surface area contributed by atoms with Gasteiger partial charge in [-0.15, -0.1) is 0 Å². The van der Waals surface area contributed by atoms with E-state index in [4.69, 9.17) is 9.26 Å². The molecule has 0 spiro atoms. The van der Waals surface area contributed by atoms with Gasteiger partial charge in [-0.3, -0.25) is 14.7 Å². The minimum absolute atomic E-state index is 0.177. The van der Waals surface area contributed by atoms with Gasteiger partial charge in [-0.2, -0.15) is 0 Å². The van der Waals surface area contributed by atoms with Gasteiger partial charge < -0.3 is 9.26 Å². The molecule has 7 heteroatoms. The van der Waals surface area contributed by atoms with E-state index in [1.54, 1.807) is 30.6 Å². The Bertz CT molecular complexity index is 926. The smallest absolute Gasteiger partial charge is 0.280 e. The van der Waals surface area contributed by atoms with Crippen molar-refractivity contribution >= 4 is 11.6 Å². The number of halogens is 1. The Balaban J connectivity index is 1.67. The summed E-state index contributed by atoms with van der Waals surface area (Å²) in [6, 6.07) is 9.22. The molecule has 1 aliphatic rings. The van der Waals surface area contributed by atoms with Gasteiger partial charge in [0.05, 0.1) is 12.2 Å². The van der Waals surface area contributed by atoms with Crippen LogP contribution < -0.4 is 9.64 Å². The number of fused-ring (bicyclic) bond motifs is 1. The number of carbonyl (C=O) groups is 1. The Morgan fingerprint density at radius 3 is 2.84 bits per heavy atom. The Morgan fingerprint density at radius 1 is 1.24 bits per heavy atom. The van der Waals surface area contributed by atoms with Crippen molar-refractivity contribution in [2.45, 2.75) is 13.0 Å². The monoisotopic (exact) mass is 339 g/mol. The van der Waals surface area contributed by atoms with Crippen LogP contribution in [-0.2, 0) is 0 Å². The average Bonchev–Trinajstić information content (AvgIpc) is 3.11.